The number of urea groups is 1. The number of hydrogen-bond acceptors (Lipinski definition) is 9. The number of fused-ring (bicyclic) bond motifs is 2. The van der Waals surface area contributed by atoms with Crippen molar-refractivity contribution in [3.8, 4) is 11.5 Å². The van der Waals surface area contributed by atoms with Gasteiger partial charge in [-0.1, -0.05) is 36.4 Å². The Morgan fingerprint density at radius 1 is 0.500 bits per heavy atom. The minimum atomic E-state index is -4.74. The normalized spacial score (nSPS) is 11.6. The molecule has 17 heteroatoms. The maximum absolute atomic E-state index is 13.2. The van der Waals surface area contributed by atoms with Crippen molar-refractivity contribution in [1.82, 2.24) is 0 Å². The molecule has 54 heavy (non-hydrogen) atoms. The number of aromatic hydroxyl groups is 2. The van der Waals surface area contributed by atoms with Crippen molar-refractivity contribution >= 4 is 82.4 Å². The highest BCUT2D eigenvalue weighted by atomic mass is 32.2. The van der Waals surface area contributed by atoms with E-state index in [0.717, 1.165) is 12.1 Å². The Hall–Kier alpha value is -6.53. The lowest BCUT2D eigenvalue weighted by atomic mass is 10.1. The van der Waals surface area contributed by atoms with Gasteiger partial charge in [0.2, 0.25) is 0 Å². The number of aryl methyl sites for hydroxylation is 2. The summed E-state index contributed by atoms with van der Waals surface area (Å²) in [5, 5.41) is 32.8. The lowest BCUT2D eigenvalue weighted by Crippen LogP contribution is -2.21. The molecule has 276 valence electrons. The standard InChI is InChI=1S/C37H30N4O11S2/c1-19-17-23(35(44)38-27-7-3-5-21-11-15-29(53(47,48)49)33(42)31(21)27)9-13-25(19)40-37(46)41-26-14-10-24(18-20(26)2)36(45)39-28-8-4-6-22-12-16-30(54(50,51)52)34(43)32(22)28/h3-18,42-43H,1-2H3,(H,38,44)(H,39,45)(H2,40,41,46)(H,47,48,49)(H,50,51,52). The Labute approximate surface area is 307 Å². The molecule has 15 nitrogen and oxygen atoms in total. The van der Waals surface area contributed by atoms with E-state index in [1.165, 1.54) is 60.7 Å². The second-order valence-corrected chi connectivity index (χ2v) is 14.9. The molecule has 0 aliphatic carbocycles. The first-order valence-electron chi connectivity index (χ1n) is 15.8. The number of carbonyl (C=O) groups is 3. The van der Waals surface area contributed by atoms with Gasteiger partial charge in [-0.15, -0.1) is 0 Å². The number of nitrogens with one attached hydrogen (secondary N) is 4. The molecule has 0 heterocycles. The third-order valence-electron chi connectivity index (χ3n) is 8.49. The van der Waals surface area contributed by atoms with Crippen LogP contribution in [0.1, 0.15) is 31.8 Å². The van der Waals surface area contributed by atoms with Gasteiger partial charge in [-0.2, -0.15) is 16.8 Å². The van der Waals surface area contributed by atoms with Crippen LogP contribution in [0.2, 0.25) is 0 Å². The number of benzene rings is 6. The molecule has 0 fully saturated rings. The average Bonchev–Trinajstić information content (AvgIpc) is 3.09. The van der Waals surface area contributed by atoms with E-state index < -0.39 is 59.4 Å². The number of amides is 4. The monoisotopic (exact) mass is 770 g/mol. The van der Waals surface area contributed by atoms with Crippen LogP contribution in [0.5, 0.6) is 11.5 Å². The van der Waals surface area contributed by atoms with Crippen molar-refractivity contribution < 1.29 is 50.5 Å². The van der Waals surface area contributed by atoms with Crippen molar-refractivity contribution in [2.45, 2.75) is 23.6 Å². The molecule has 0 saturated carbocycles. The highest BCUT2D eigenvalue weighted by Crippen LogP contribution is 2.38. The number of hydrogen-bond donors (Lipinski definition) is 8. The average molecular weight is 771 g/mol. The second-order valence-electron chi connectivity index (χ2n) is 12.1. The molecule has 6 aromatic carbocycles. The predicted octanol–water partition coefficient (Wildman–Crippen LogP) is 6.66. The van der Waals surface area contributed by atoms with Crippen molar-refractivity contribution in [1.29, 1.82) is 0 Å². The number of phenols is 2. The van der Waals surface area contributed by atoms with Crippen molar-refractivity contribution in [2.75, 3.05) is 21.3 Å². The third-order valence-corrected chi connectivity index (χ3v) is 10.3. The van der Waals surface area contributed by atoms with Crippen LogP contribution >= 0.6 is 0 Å². The van der Waals surface area contributed by atoms with Gasteiger partial charge in [0.25, 0.3) is 32.1 Å². The minimum Gasteiger partial charge on any atom is -0.506 e. The fraction of sp³-hybridized carbons (Fsp3) is 0.0541. The smallest absolute Gasteiger partial charge is 0.323 e. The topological polar surface area (TPSA) is 249 Å². The summed E-state index contributed by atoms with van der Waals surface area (Å²) in [5.41, 5.74) is 2.33. The second kappa shape index (κ2) is 14.1. The van der Waals surface area contributed by atoms with Gasteiger partial charge < -0.3 is 31.5 Å². The van der Waals surface area contributed by atoms with Crippen LogP contribution in [0.4, 0.5) is 27.5 Å². The van der Waals surface area contributed by atoms with E-state index >= 15 is 0 Å². The van der Waals surface area contributed by atoms with Gasteiger partial charge in [0.15, 0.2) is 0 Å². The summed E-state index contributed by atoms with van der Waals surface area (Å²) < 4.78 is 65.8. The Balaban J connectivity index is 1.13. The molecule has 0 aliphatic heterocycles. The Kier molecular flexibility index (Phi) is 9.74. The van der Waals surface area contributed by atoms with Gasteiger partial charge in [0.1, 0.15) is 21.3 Å². The fourth-order valence-corrected chi connectivity index (χ4v) is 7.03. The van der Waals surface area contributed by atoms with E-state index in [1.807, 2.05) is 0 Å². The van der Waals surface area contributed by atoms with Gasteiger partial charge >= 0.3 is 6.03 Å². The molecule has 6 rings (SSSR count). The zero-order valence-electron chi connectivity index (χ0n) is 28.2. The van der Waals surface area contributed by atoms with Crippen LogP contribution in [0, 0.1) is 13.8 Å². The lowest BCUT2D eigenvalue weighted by Gasteiger charge is -2.15. The predicted molar refractivity (Wildman–Crippen MR) is 202 cm³/mol. The molecule has 0 bridgehead atoms. The summed E-state index contributed by atoms with van der Waals surface area (Å²) >= 11 is 0. The zero-order chi connectivity index (χ0) is 39.1. The largest absolute Gasteiger partial charge is 0.506 e. The minimum absolute atomic E-state index is 0.0126. The molecule has 8 N–H and O–H groups in total. The summed E-state index contributed by atoms with van der Waals surface area (Å²) in [6, 6.07) is 22.5. The highest BCUT2D eigenvalue weighted by Gasteiger charge is 2.22. The van der Waals surface area contributed by atoms with Gasteiger partial charge in [-0.25, -0.2) is 4.79 Å². The van der Waals surface area contributed by atoms with Gasteiger partial charge in [0.05, 0.1) is 11.4 Å². The molecule has 0 saturated heterocycles. The number of phenolic OH excluding ortho intramolecular Hbond substituents is 2. The van der Waals surface area contributed by atoms with Crippen LogP contribution < -0.4 is 21.3 Å². The number of anilines is 4. The summed E-state index contributed by atoms with van der Waals surface area (Å²) in [4.78, 5) is 37.9. The quantitative estimate of drug-likeness (QED) is 0.0760. The number of carbonyl (C=O) groups excluding carboxylic acids is 3. The van der Waals surface area contributed by atoms with Gasteiger partial charge in [0, 0.05) is 33.3 Å². The molecular formula is C37H30N4O11S2. The SMILES string of the molecule is Cc1cc(C(=O)Nc2cccc3ccc(S(=O)(=O)O)c(O)c23)ccc1NC(=O)Nc1ccc(C(=O)Nc2cccc3ccc(S(=O)(=O)O)c(O)c23)cc1C. The van der Waals surface area contributed by atoms with E-state index in [9.17, 15) is 50.5 Å². The van der Waals surface area contributed by atoms with Crippen LogP contribution in [0.3, 0.4) is 0 Å². The summed E-state index contributed by atoms with van der Waals surface area (Å²) in [5.74, 6) is -2.64. The molecule has 0 radical (unpaired) electrons. The van der Waals surface area contributed by atoms with E-state index in [0.29, 0.717) is 33.3 Å². The van der Waals surface area contributed by atoms with Crippen molar-refractivity contribution in [3.63, 3.8) is 0 Å². The molecule has 0 aromatic heterocycles. The van der Waals surface area contributed by atoms with E-state index in [1.54, 1.807) is 38.1 Å². The van der Waals surface area contributed by atoms with Crippen LogP contribution in [-0.2, 0) is 20.2 Å². The van der Waals surface area contributed by atoms with Gasteiger partial charge in [-0.3, -0.25) is 18.7 Å². The molecule has 0 spiro atoms. The van der Waals surface area contributed by atoms with Crippen LogP contribution in [0.15, 0.2) is 107 Å². The molecular weight excluding hydrogens is 741 g/mol. The Morgan fingerprint density at radius 2 is 0.889 bits per heavy atom. The zero-order valence-corrected chi connectivity index (χ0v) is 29.8. The fourth-order valence-electron chi connectivity index (χ4n) is 5.86. The Morgan fingerprint density at radius 3 is 1.24 bits per heavy atom. The van der Waals surface area contributed by atoms with Crippen LogP contribution in [0.25, 0.3) is 21.5 Å². The third kappa shape index (κ3) is 7.50. The molecule has 0 atom stereocenters. The van der Waals surface area contributed by atoms with Crippen molar-refractivity contribution in [3.05, 3.63) is 119 Å². The highest BCUT2D eigenvalue weighted by molar-refractivity contribution is 7.86. The summed E-state index contributed by atoms with van der Waals surface area (Å²) in [7, 11) is -9.48. The molecule has 0 unspecified atom stereocenters. The van der Waals surface area contributed by atoms with E-state index in [4.69, 9.17) is 0 Å². The summed E-state index contributed by atoms with van der Waals surface area (Å²) in [6.07, 6.45) is 0. The van der Waals surface area contributed by atoms with Gasteiger partial charge in [-0.05, 0) is 96.4 Å². The maximum Gasteiger partial charge on any atom is 0.323 e. The van der Waals surface area contributed by atoms with Crippen molar-refractivity contribution in [2.24, 2.45) is 0 Å². The lowest BCUT2D eigenvalue weighted by molar-refractivity contribution is 0.101. The van der Waals surface area contributed by atoms with E-state index in [2.05, 4.69) is 21.3 Å². The first kappa shape index (κ1) is 37.2. The Bertz CT molecular complexity index is 2600. The van der Waals surface area contributed by atoms with E-state index in [-0.39, 0.29) is 33.3 Å². The van der Waals surface area contributed by atoms with Crippen LogP contribution in [-0.4, -0.2) is 54.0 Å². The first-order valence-corrected chi connectivity index (χ1v) is 18.7. The first-order chi connectivity index (χ1) is 25.4. The maximum atomic E-state index is 13.2. The summed E-state index contributed by atoms with van der Waals surface area (Å²) in [6.45, 7) is 3.32. The molecule has 4 amide bonds. The molecule has 0 aliphatic rings. The number of rotatable bonds is 8. The molecule has 6 aromatic rings.